The summed E-state index contributed by atoms with van der Waals surface area (Å²) in [4.78, 5) is 24.2. The maximum Gasteiger partial charge on any atom is 0.340 e. The first kappa shape index (κ1) is 12.4. The van der Waals surface area contributed by atoms with Gasteiger partial charge in [0.15, 0.2) is 11.5 Å². The van der Waals surface area contributed by atoms with Crippen molar-refractivity contribution in [3.8, 4) is 17.6 Å². The largest absolute Gasteiger partial charge is 0.455 e. The summed E-state index contributed by atoms with van der Waals surface area (Å²) in [5.41, 5.74) is -2.07. The number of nitriles is 1. The van der Waals surface area contributed by atoms with E-state index in [0.29, 0.717) is 5.76 Å². The van der Waals surface area contributed by atoms with Crippen LogP contribution in [0.25, 0.3) is 0 Å². The van der Waals surface area contributed by atoms with Crippen molar-refractivity contribution in [2.45, 2.75) is 31.7 Å². The number of rotatable bonds is 3. The van der Waals surface area contributed by atoms with Crippen molar-refractivity contribution < 1.29 is 23.5 Å². The molecule has 0 amide bonds. The minimum atomic E-state index is -1.38. The molecule has 2 bridgehead atoms. The average molecular weight is 288 g/mol. The molecule has 1 aromatic heterocycles. The van der Waals surface area contributed by atoms with Gasteiger partial charge in [0.25, 0.3) is 0 Å². The molecule has 0 spiro atoms. The third-order valence-corrected chi connectivity index (χ3v) is 4.44. The number of hydrogen-bond acceptors (Lipinski definition) is 7. The van der Waals surface area contributed by atoms with Gasteiger partial charge in [0.1, 0.15) is 0 Å². The van der Waals surface area contributed by atoms with Crippen molar-refractivity contribution in [3.63, 3.8) is 0 Å². The number of furan rings is 1. The van der Waals surface area contributed by atoms with E-state index in [2.05, 4.69) is 5.32 Å². The Hall–Kier alpha value is -2.33. The van der Waals surface area contributed by atoms with Crippen molar-refractivity contribution in [1.82, 2.24) is 5.32 Å². The lowest BCUT2D eigenvalue weighted by Crippen LogP contribution is -2.35. The molecule has 4 rings (SSSR count). The summed E-state index contributed by atoms with van der Waals surface area (Å²) in [5, 5.41) is 12.3. The number of nitrogens with zero attached hydrogens (tertiary/aromatic N) is 1. The fourth-order valence-electron chi connectivity index (χ4n) is 2.78. The zero-order valence-electron chi connectivity index (χ0n) is 11.5. The highest BCUT2D eigenvalue weighted by Gasteiger charge is 2.62. The molecule has 2 unspecified atom stereocenters. The molecule has 1 fully saturated rings. The van der Waals surface area contributed by atoms with Gasteiger partial charge >= 0.3 is 11.9 Å². The van der Waals surface area contributed by atoms with Gasteiger partial charge < -0.3 is 19.2 Å². The number of carbonyl (C=O) groups is 2. The lowest BCUT2D eigenvalue weighted by molar-refractivity contribution is -0.144. The Morgan fingerprint density at radius 2 is 2.29 bits per heavy atom. The summed E-state index contributed by atoms with van der Waals surface area (Å²) < 4.78 is 15.9. The van der Waals surface area contributed by atoms with Gasteiger partial charge in [-0.2, -0.15) is 5.26 Å². The predicted octanol–water partition coefficient (Wildman–Crippen LogP) is 0.419. The van der Waals surface area contributed by atoms with Gasteiger partial charge in [-0.05, 0) is 13.8 Å². The molecular weight excluding hydrogens is 276 g/mol. The number of fused-ring (bicyclic) bond motifs is 1. The zero-order chi connectivity index (χ0) is 15.0. The number of nitrogens with one attached hydrogen (secondary N) is 1. The van der Waals surface area contributed by atoms with Crippen LogP contribution < -0.4 is 14.8 Å². The van der Waals surface area contributed by atoms with E-state index in [1.54, 1.807) is 13.8 Å². The first-order chi connectivity index (χ1) is 9.90. The molecule has 0 aromatic carbocycles. The normalized spacial score (nSPS) is 28.2. The molecule has 0 aliphatic carbocycles. The molecule has 1 N–H and O–H groups in total. The van der Waals surface area contributed by atoms with Crippen LogP contribution >= 0.6 is 0 Å². The molecule has 3 aliphatic heterocycles. The van der Waals surface area contributed by atoms with Crippen LogP contribution in [0.2, 0.25) is 0 Å². The Morgan fingerprint density at radius 1 is 1.57 bits per heavy atom. The van der Waals surface area contributed by atoms with Gasteiger partial charge in [0, 0.05) is 19.0 Å². The number of carbonyl (C=O) groups excluding carboxylic acids is 2. The molecule has 4 heterocycles. The topological polar surface area (TPSA) is 111 Å². The third kappa shape index (κ3) is 1.35. The molecule has 21 heavy (non-hydrogen) atoms. The smallest absolute Gasteiger partial charge is 0.340 e. The van der Waals surface area contributed by atoms with E-state index >= 15 is 0 Å². The summed E-state index contributed by atoms with van der Waals surface area (Å²) in [5.74, 6) is -0.388. The Labute approximate surface area is 119 Å². The lowest BCUT2D eigenvalue weighted by atomic mass is 9.83. The second kappa shape index (κ2) is 3.46. The maximum absolute atomic E-state index is 12.3. The Bertz CT molecular complexity index is 737. The molecular formula is C14H12N2O5. The van der Waals surface area contributed by atoms with Crippen molar-refractivity contribution in [2.75, 3.05) is 6.54 Å². The summed E-state index contributed by atoms with van der Waals surface area (Å²) in [6.45, 7) is 4.35. The zero-order valence-corrected chi connectivity index (χ0v) is 11.5. The molecule has 7 heteroatoms. The second-order valence-corrected chi connectivity index (χ2v) is 6.17. The van der Waals surface area contributed by atoms with Gasteiger partial charge in [0.05, 0.1) is 11.5 Å². The van der Waals surface area contributed by atoms with Gasteiger partial charge in [0.2, 0.25) is 16.9 Å². The molecule has 108 valence electrons. The molecule has 7 nitrogen and oxygen atoms in total. The van der Waals surface area contributed by atoms with E-state index in [0.717, 1.165) is 6.54 Å². The molecule has 2 atom stereocenters. The van der Waals surface area contributed by atoms with Gasteiger partial charge in [-0.1, -0.05) is 0 Å². The maximum atomic E-state index is 12.3. The quantitative estimate of drug-likeness (QED) is 0.633. The Kier molecular flexibility index (Phi) is 2.05. The van der Waals surface area contributed by atoms with E-state index in [-0.39, 0.29) is 29.7 Å². The summed E-state index contributed by atoms with van der Waals surface area (Å²) >= 11 is 0. The van der Waals surface area contributed by atoms with Crippen molar-refractivity contribution in [2.24, 2.45) is 5.41 Å². The van der Waals surface area contributed by atoms with Crippen LogP contribution in [-0.4, -0.2) is 24.5 Å². The van der Waals surface area contributed by atoms with Crippen LogP contribution in [0.15, 0.2) is 4.42 Å². The fourth-order valence-corrected chi connectivity index (χ4v) is 2.78. The monoisotopic (exact) mass is 288 g/mol. The number of ether oxygens (including phenoxy) is 2. The van der Waals surface area contributed by atoms with Gasteiger partial charge in [-0.3, -0.25) is 4.79 Å². The molecule has 1 saturated heterocycles. The molecule has 0 saturated carbocycles. The SMILES string of the molecule is CC(C)(C(=O)Oc1c2oc3c1OC(=O)C3(C#N)C2)C1CN1. The molecule has 0 radical (unpaired) electrons. The average Bonchev–Trinajstić information content (AvgIpc) is 3.12. The van der Waals surface area contributed by atoms with Crippen LogP contribution in [0.4, 0.5) is 0 Å². The van der Waals surface area contributed by atoms with Crippen molar-refractivity contribution >= 4 is 11.9 Å². The lowest BCUT2D eigenvalue weighted by Gasteiger charge is -2.21. The highest BCUT2D eigenvalue weighted by Crippen LogP contribution is 2.57. The minimum absolute atomic E-state index is 0.0614. The van der Waals surface area contributed by atoms with Crippen LogP contribution in [0.5, 0.6) is 11.5 Å². The first-order valence-corrected chi connectivity index (χ1v) is 6.65. The van der Waals surface area contributed by atoms with E-state index in [9.17, 15) is 14.9 Å². The van der Waals surface area contributed by atoms with Crippen LogP contribution in [0, 0.1) is 16.7 Å². The highest BCUT2D eigenvalue weighted by atomic mass is 16.6. The van der Waals surface area contributed by atoms with Crippen molar-refractivity contribution in [1.29, 1.82) is 5.26 Å². The van der Waals surface area contributed by atoms with Gasteiger partial charge in [-0.25, -0.2) is 4.79 Å². The van der Waals surface area contributed by atoms with Crippen LogP contribution in [0.3, 0.4) is 0 Å². The van der Waals surface area contributed by atoms with E-state index in [4.69, 9.17) is 13.9 Å². The fraction of sp³-hybridized carbons (Fsp3) is 0.500. The standard InChI is InChI=1S/C14H12N2O5/c1-13(2,7-4-16-7)11(17)20-8-6-3-14(5-15)10(19-6)9(8)21-12(14)18/h7,16H,3-4H2,1-2H3. The predicted molar refractivity (Wildman–Crippen MR) is 66.5 cm³/mol. The van der Waals surface area contributed by atoms with E-state index in [1.165, 1.54) is 0 Å². The summed E-state index contributed by atoms with van der Waals surface area (Å²) in [6.07, 6.45) is 0.0614. The van der Waals surface area contributed by atoms with Crippen molar-refractivity contribution in [3.05, 3.63) is 11.5 Å². The highest BCUT2D eigenvalue weighted by molar-refractivity contribution is 5.96. The van der Waals surface area contributed by atoms with Crippen LogP contribution in [0.1, 0.15) is 25.4 Å². The number of esters is 2. The number of hydrogen-bond donors (Lipinski definition) is 1. The summed E-state index contributed by atoms with van der Waals surface area (Å²) in [6, 6.07) is 2.02. The van der Waals surface area contributed by atoms with Crippen LogP contribution in [-0.2, 0) is 21.4 Å². The third-order valence-electron chi connectivity index (χ3n) is 4.44. The first-order valence-electron chi connectivity index (χ1n) is 6.65. The summed E-state index contributed by atoms with van der Waals surface area (Å²) in [7, 11) is 0. The molecule has 1 aromatic rings. The second-order valence-electron chi connectivity index (χ2n) is 6.17. The Morgan fingerprint density at radius 3 is 2.90 bits per heavy atom. The minimum Gasteiger partial charge on any atom is -0.455 e. The Balaban J connectivity index is 1.68. The van der Waals surface area contributed by atoms with Gasteiger partial charge in [-0.15, -0.1) is 0 Å². The molecule has 3 aliphatic rings. The van der Waals surface area contributed by atoms with E-state index in [1.807, 2.05) is 6.07 Å². The van der Waals surface area contributed by atoms with E-state index < -0.39 is 22.8 Å².